The summed E-state index contributed by atoms with van der Waals surface area (Å²) in [6.07, 6.45) is 0. The fourth-order valence-corrected chi connectivity index (χ4v) is 0.546. The molecule has 0 saturated heterocycles. The molecular formula is C3H6CuN2O3S. The Morgan fingerprint density at radius 1 is 1.80 bits per heavy atom. The van der Waals surface area contributed by atoms with Gasteiger partial charge in [-0.3, -0.25) is 4.79 Å². The SMILES string of the molecule is N[C@@H](CSN=O)C(=O)O.[Cu]. The molecule has 0 aromatic carbocycles. The molecule has 0 bridgehead atoms. The van der Waals surface area contributed by atoms with E-state index < -0.39 is 12.0 Å². The minimum atomic E-state index is -1.12. The normalized spacial score (nSPS) is 11.3. The van der Waals surface area contributed by atoms with Gasteiger partial charge in [0.2, 0.25) is 0 Å². The molecule has 0 amide bonds. The van der Waals surface area contributed by atoms with Crippen molar-refractivity contribution >= 4 is 17.9 Å². The number of carboxylic acid groups (broad SMARTS) is 1. The first-order valence-corrected chi connectivity index (χ1v) is 3.05. The third-order valence-electron chi connectivity index (χ3n) is 0.624. The molecule has 0 saturated carbocycles. The first kappa shape index (κ1) is 12.6. The average Bonchev–Trinajstić information content (AvgIpc) is 1.82. The maximum Gasteiger partial charge on any atom is 0.321 e. The molecule has 5 nitrogen and oxygen atoms in total. The van der Waals surface area contributed by atoms with Gasteiger partial charge in [0, 0.05) is 39.4 Å². The summed E-state index contributed by atoms with van der Waals surface area (Å²) < 4.78 is 2.38. The smallest absolute Gasteiger partial charge is 0.321 e. The van der Waals surface area contributed by atoms with Gasteiger partial charge in [-0.2, -0.15) is 0 Å². The van der Waals surface area contributed by atoms with Gasteiger partial charge in [0.25, 0.3) is 0 Å². The zero-order chi connectivity index (χ0) is 7.28. The van der Waals surface area contributed by atoms with Crippen molar-refractivity contribution in [3.63, 3.8) is 0 Å². The molecule has 0 aromatic heterocycles. The average molecular weight is 214 g/mol. The Bertz CT molecular complexity index is 122. The quantitative estimate of drug-likeness (QED) is 0.384. The number of nitroso groups, excluding NO2 is 1. The third-order valence-corrected chi connectivity index (χ3v) is 1.24. The zero-order valence-electron chi connectivity index (χ0n) is 4.78. The minimum Gasteiger partial charge on any atom is -0.480 e. The van der Waals surface area contributed by atoms with E-state index in [1.165, 1.54) is 0 Å². The number of hydrogen-bond acceptors (Lipinski definition) is 5. The van der Waals surface area contributed by atoms with E-state index in [0.717, 1.165) is 0 Å². The van der Waals surface area contributed by atoms with Crippen molar-refractivity contribution in [2.24, 2.45) is 10.3 Å². The summed E-state index contributed by atoms with van der Waals surface area (Å²) in [5, 5.41) is 8.13. The molecule has 1 atom stereocenters. The number of nitrogens with two attached hydrogens (primary N) is 1. The Morgan fingerprint density at radius 2 is 2.30 bits per heavy atom. The second kappa shape index (κ2) is 7.01. The van der Waals surface area contributed by atoms with Crippen molar-refractivity contribution in [1.82, 2.24) is 0 Å². The van der Waals surface area contributed by atoms with Gasteiger partial charge >= 0.3 is 5.97 Å². The minimum absolute atomic E-state index is 0. The van der Waals surface area contributed by atoms with Gasteiger partial charge in [0.05, 0.1) is 0 Å². The number of rotatable bonds is 4. The van der Waals surface area contributed by atoms with Crippen molar-refractivity contribution in [1.29, 1.82) is 0 Å². The summed E-state index contributed by atoms with van der Waals surface area (Å²) in [6, 6.07) is -0.993. The van der Waals surface area contributed by atoms with Crippen LogP contribution in [0.3, 0.4) is 0 Å². The molecule has 63 valence electrons. The number of hydrogen-bond donors (Lipinski definition) is 2. The van der Waals surface area contributed by atoms with Gasteiger partial charge < -0.3 is 10.8 Å². The molecule has 0 aliphatic rings. The van der Waals surface area contributed by atoms with Crippen LogP contribution in [0.1, 0.15) is 0 Å². The fourth-order valence-electron chi connectivity index (χ4n) is 0.182. The van der Waals surface area contributed by atoms with Crippen LogP contribution in [0.4, 0.5) is 0 Å². The van der Waals surface area contributed by atoms with Crippen LogP contribution >= 0.6 is 11.9 Å². The van der Waals surface area contributed by atoms with Crippen molar-refractivity contribution in [3.05, 3.63) is 4.91 Å². The molecule has 0 aliphatic heterocycles. The summed E-state index contributed by atoms with van der Waals surface area (Å²) in [7, 11) is 0. The van der Waals surface area contributed by atoms with Crippen molar-refractivity contribution < 1.29 is 27.0 Å². The molecule has 3 N–H and O–H groups in total. The summed E-state index contributed by atoms with van der Waals surface area (Å²) >= 11 is 0.608. The molecule has 0 spiro atoms. The fraction of sp³-hybridized carbons (Fsp3) is 0.667. The van der Waals surface area contributed by atoms with E-state index in [2.05, 4.69) is 4.58 Å². The monoisotopic (exact) mass is 213 g/mol. The van der Waals surface area contributed by atoms with Crippen molar-refractivity contribution in [2.45, 2.75) is 6.04 Å². The summed E-state index contributed by atoms with van der Waals surface area (Å²) in [5.41, 5.74) is 4.98. The molecule has 7 heteroatoms. The van der Waals surface area contributed by atoms with Crippen LogP contribution < -0.4 is 5.73 Å². The van der Waals surface area contributed by atoms with Gasteiger partial charge in [-0.25, -0.2) is 0 Å². The molecule has 0 aliphatic carbocycles. The van der Waals surface area contributed by atoms with E-state index in [0.29, 0.717) is 11.9 Å². The Kier molecular flexibility index (Phi) is 8.81. The van der Waals surface area contributed by atoms with Crippen molar-refractivity contribution in [2.75, 3.05) is 5.75 Å². The van der Waals surface area contributed by atoms with Crippen LogP contribution in [0.15, 0.2) is 4.58 Å². The summed E-state index contributed by atoms with van der Waals surface area (Å²) in [4.78, 5) is 19.3. The van der Waals surface area contributed by atoms with Gasteiger partial charge in [-0.15, -0.1) is 4.91 Å². The molecule has 1 radical (unpaired) electrons. The Morgan fingerprint density at radius 3 is 2.60 bits per heavy atom. The Labute approximate surface area is 72.3 Å². The Hall–Kier alpha value is -0.101. The number of carbonyl (C=O) groups is 1. The number of aliphatic carboxylic acids is 1. The zero-order valence-corrected chi connectivity index (χ0v) is 6.54. The second-order valence-electron chi connectivity index (χ2n) is 1.32. The van der Waals surface area contributed by atoms with E-state index in [-0.39, 0.29) is 22.8 Å². The van der Waals surface area contributed by atoms with Crippen LogP contribution in [0.2, 0.25) is 0 Å². The standard InChI is InChI=1S/C3H6N2O3S.Cu/c4-2(3(6)7)1-9-5-8;/h2H,1,4H2,(H,6,7);/t2-;/m0./s1. The van der Waals surface area contributed by atoms with Crippen LogP contribution in [-0.2, 0) is 21.9 Å². The number of nitrogens with zero attached hydrogens (tertiary/aromatic N) is 1. The van der Waals surface area contributed by atoms with E-state index in [1.807, 2.05) is 0 Å². The largest absolute Gasteiger partial charge is 0.480 e. The van der Waals surface area contributed by atoms with Gasteiger partial charge in [0.15, 0.2) is 0 Å². The van der Waals surface area contributed by atoms with Crippen LogP contribution in [0.5, 0.6) is 0 Å². The molecule has 0 unspecified atom stereocenters. The van der Waals surface area contributed by atoms with E-state index in [4.69, 9.17) is 10.8 Å². The van der Waals surface area contributed by atoms with E-state index in [9.17, 15) is 9.70 Å². The maximum atomic E-state index is 9.92. The maximum absolute atomic E-state index is 9.92. The molecule has 10 heavy (non-hydrogen) atoms. The van der Waals surface area contributed by atoms with E-state index >= 15 is 0 Å². The molecule has 0 aromatic rings. The predicted molar refractivity (Wildman–Crippen MR) is 33.9 cm³/mol. The summed E-state index contributed by atoms with van der Waals surface area (Å²) in [5.74, 6) is -1.09. The summed E-state index contributed by atoms with van der Waals surface area (Å²) in [6.45, 7) is 0. The first-order valence-electron chi connectivity index (χ1n) is 2.11. The second-order valence-corrected chi connectivity index (χ2v) is 2.06. The van der Waals surface area contributed by atoms with Gasteiger partial charge in [-0.05, 0) is 0 Å². The van der Waals surface area contributed by atoms with Gasteiger partial charge in [0.1, 0.15) is 6.04 Å². The molecule has 0 rings (SSSR count). The molecule has 0 heterocycles. The van der Waals surface area contributed by atoms with Crippen LogP contribution in [0, 0.1) is 4.91 Å². The molecule has 0 fully saturated rings. The molecular weight excluding hydrogens is 208 g/mol. The van der Waals surface area contributed by atoms with Crippen molar-refractivity contribution in [3.8, 4) is 0 Å². The number of carboxylic acids is 1. The topological polar surface area (TPSA) is 92.8 Å². The van der Waals surface area contributed by atoms with Crippen LogP contribution in [-0.4, -0.2) is 22.9 Å². The Balaban J connectivity index is 0. The third kappa shape index (κ3) is 6.03. The first-order chi connectivity index (χ1) is 4.18. The van der Waals surface area contributed by atoms with Crippen LogP contribution in [0.25, 0.3) is 0 Å². The van der Waals surface area contributed by atoms with Gasteiger partial charge in [-0.1, -0.05) is 0 Å². The predicted octanol–water partition coefficient (Wildman–Crippen LogP) is -0.190. The van der Waals surface area contributed by atoms with E-state index in [1.54, 1.807) is 0 Å².